The number of para-hydroxylation sites is 1. The van der Waals surface area contributed by atoms with Crippen molar-refractivity contribution in [1.29, 1.82) is 0 Å². The van der Waals surface area contributed by atoms with E-state index in [0.29, 0.717) is 17.6 Å². The maximum atomic E-state index is 9.64. The van der Waals surface area contributed by atoms with Gasteiger partial charge in [0.1, 0.15) is 10.9 Å². The summed E-state index contributed by atoms with van der Waals surface area (Å²) in [6.45, 7) is 0.496. The molecular weight excluding hydrogens is 252 g/mol. The van der Waals surface area contributed by atoms with Crippen LogP contribution in [0.1, 0.15) is 5.56 Å². The fraction of sp³-hybridized carbons (Fsp3) is 0.154. The summed E-state index contributed by atoms with van der Waals surface area (Å²) in [6.07, 6.45) is 0. The minimum absolute atomic E-state index is 0.261. The second kappa shape index (κ2) is 5.60. The first-order chi connectivity index (χ1) is 8.69. The van der Waals surface area contributed by atoms with Gasteiger partial charge in [0.05, 0.1) is 7.11 Å². The number of rotatable bonds is 4. The van der Waals surface area contributed by atoms with Crippen LogP contribution in [0, 0.1) is 0 Å². The van der Waals surface area contributed by atoms with Gasteiger partial charge >= 0.3 is 0 Å². The SMILES string of the molecule is COc1cc(NCc2ccccc2O)cc(Cl)n1. The van der Waals surface area contributed by atoms with E-state index in [-0.39, 0.29) is 5.75 Å². The molecule has 5 heteroatoms. The van der Waals surface area contributed by atoms with Gasteiger partial charge in [0.15, 0.2) is 0 Å². The van der Waals surface area contributed by atoms with E-state index >= 15 is 0 Å². The summed E-state index contributed by atoms with van der Waals surface area (Å²) in [7, 11) is 1.53. The number of methoxy groups -OCH3 is 1. The molecule has 4 nitrogen and oxygen atoms in total. The van der Waals surface area contributed by atoms with Crippen molar-refractivity contribution in [3.05, 3.63) is 47.1 Å². The number of nitrogens with one attached hydrogen (secondary N) is 1. The highest BCUT2D eigenvalue weighted by atomic mass is 35.5. The van der Waals surface area contributed by atoms with Gasteiger partial charge in [0.2, 0.25) is 5.88 Å². The minimum atomic E-state index is 0.261. The fourth-order valence-electron chi connectivity index (χ4n) is 1.54. The lowest BCUT2D eigenvalue weighted by molar-refractivity contribution is 0.398. The van der Waals surface area contributed by atoms with Crippen molar-refractivity contribution in [2.75, 3.05) is 12.4 Å². The van der Waals surface area contributed by atoms with E-state index in [1.165, 1.54) is 7.11 Å². The molecule has 1 aromatic carbocycles. The second-order valence-electron chi connectivity index (χ2n) is 3.70. The Kier molecular flexibility index (Phi) is 3.89. The van der Waals surface area contributed by atoms with Crippen LogP contribution in [0.5, 0.6) is 11.6 Å². The molecule has 1 aromatic heterocycles. The van der Waals surface area contributed by atoms with Crippen LogP contribution in [0.3, 0.4) is 0 Å². The van der Waals surface area contributed by atoms with E-state index < -0.39 is 0 Å². The topological polar surface area (TPSA) is 54.4 Å². The van der Waals surface area contributed by atoms with Crippen LogP contribution < -0.4 is 10.1 Å². The lowest BCUT2D eigenvalue weighted by Gasteiger charge is -2.09. The van der Waals surface area contributed by atoms with Crippen molar-refractivity contribution in [1.82, 2.24) is 4.98 Å². The lowest BCUT2D eigenvalue weighted by Crippen LogP contribution is -2.00. The molecule has 0 aliphatic heterocycles. The number of aromatic hydroxyl groups is 1. The largest absolute Gasteiger partial charge is 0.508 e. The molecule has 0 spiro atoms. The summed E-state index contributed by atoms with van der Waals surface area (Å²) in [4.78, 5) is 3.98. The average molecular weight is 265 g/mol. The first-order valence-corrected chi connectivity index (χ1v) is 5.79. The summed E-state index contributed by atoms with van der Waals surface area (Å²) in [5.41, 5.74) is 1.60. The number of hydrogen-bond acceptors (Lipinski definition) is 4. The van der Waals surface area contributed by atoms with Gasteiger partial charge in [0.25, 0.3) is 0 Å². The quantitative estimate of drug-likeness (QED) is 0.834. The molecule has 0 saturated heterocycles. The molecule has 0 atom stereocenters. The number of hydrogen-bond donors (Lipinski definition) is 2. The number of ether oxygens (including phenoxy) is 1. The third kappa shape index (κ3) is 3.05. The molecule has 0 aliphatic rings. The molecule has 94 valence electrons. The summed E-state index contributed by atoms with van der Waals surface area (Å²) in [5, 5.41) is 13.1. The molecule has 0 fully saturated rings. The van der Waals surface area contributed by atoms with Crippen molar-refractivity contribution in [3.63, 3.8) is 0 Å². The Morgan fingerprint density at radius 2 is 2.11 bits per heavy atom. The van der Waals surface area contributed by atoms with Gasteiger partial charge in [-0.15, -0.1) is 0 Å². The smallest absolute Gasteiger partial charge is 0.216 e. The van der Waals surface area contributed by atoms with Crippen LogP contribution in [-0.2, 0) is 6.54 Å². The van der Waals surface area contributed by atoms with E-state index in [1.807, 2.05) is 12.1 Å². The van der Waals surface area contributed by atoms with Gasteiger partial charge in [-0.05, 0) is 12.1 Å². The molecule has 0 amide bonds. The summed E-state index contributed by atoms with van der Waals surface area (Å²) in [6, 6.07) is 10.6. The molecule has 0 unspecified atom stereocenters. The molecule has 2 N–H and O–H groups in total. The van der Waals surface area contributed by atoms with E-state index in [0.717, 1.165) is 11.3 Å². The van der Waals surface area contributed by atoms with Gasteiger partial charge in [-0.25, -0.2) is 4.98 Å². The monoisotopic (exact) mass is 264 g/mol. The Labute approximate surface area is 110 Å². The molecule has 1 heterocycles. The lowest BCUT2D eigenvalue weighted by atomic mass is 10.2. The minimum Gasteiger partial charge on any atom is -0.508 e. The van der Waals surface area contributed by atoms with Crippen molar-refractivity contribution in [2.24, 2.45) is 0 Å². The third-order valence-corrected chi connectivity index (χ3v) is 2.65. The zero-order valence-corrected chi connectivity index (χ0v) is 10.6. The van der Waals surface area contributed by atoms with Crippen molar-refractivity contribution in [2.45, 2.75) is 6.54 Å². The Morgan fingerprint density at radius 3 is 2.83 bits per heavy atom. The van der Waals surface area contributed by atoms with E-state index in [9.17, 15) is 5.11 Å². The zero-order chi connectivity index (χ0) is 13.0. The summed E-state index contributed by atoms with van der Waals surface area (Å²) < 4.78 is 5.03. The standard InChI is InChI=1S/C13H13ClN2O2/c1-18-13-7-10(6-12(14)16-13)15-8-9-4-2-3-5-11(9)17/h2-7,17H,8H2,1H3,(H,15,16). The molecule has 0 saturated carbocycles. The van der Waals surface area contributed by atoms with Gasteiger partial charge < -0.3 is 15.2 Å². The third-order valence-electron chi connectivity index (χ3n) is 2.45. The van der Waals surface area contributed by atoms with Crippen LogP contribution in [0.15, 0.2) is 36.4 Å². The van der Waals surface area contributed by atoms with Crippen LogP contribution >= 0.6 is 11.6 Å². The Hall–Kier alpha value is -1.94. The number of benzene rings is 1. The maximum absolute atomic E-state index is 9.64. The zero-order valence-electron chi connectivity index (χ0n) is 9.85. The average Bonchev–Trinajstić information content (AvgIpc) is 2.37. The van der Waals surface area contributed by atoms with Crippen LogP contribution in [-0.4, -0.2) is 17.2 Å². The van der Waals surface area contributed by atoms with Crippen molar-refractivity contribution < 1.29 is 9.84 Å². The van der Waals surface area contributed by atoms with Crippen molar-refractivity contribution >= 4 is 17.3 Å². The van der Waals surface area contributed by atoms with E-state index in [2.05, 4.69) is 10.3 Å². The summed E-state index contributed by atoms with van der Waals surface area (Å²) in [5.74, 6) is 0.708. The first kappa shape index (κ1) is 12.5. The first-order valence-electron chi connectivity index (χ1n) is 5.41. The number of phenolic OH excluding ortho intramolecular Hbond substituents is 1. The number of anilines is 1. The molecule has 2 rings (SSSR count). The molecule has 0 aliphatic carbocycles. The van der Waals surface area contributed by atoms with Gasteiger partial charge in [-0.1, -0.05) is 29.8 Å². The highest BCUT2D eigenvalue weighted by Crippen LogP contribution is 2.22. The fourth-order valence-corrected chi connectivity index (χ4v) is 1.74. The number of pyridine rings is 1. The summed E-state index contributed by atoms with van der Waals surface area (Å²) >= 11 is 5.86. The Bertz CT molecular complexity index is 546. The van der Waals surface area contributed by atoms with Crippen LogP contribution in [0.4, 0.5) is 5.69 Å². The van der Waals surface area contributed by atoms with Gasteiger partial charge in [-0.3, -0.25) is 0 Å². The van der Waals surface area contributed by atoms with Crippen molar-refractivity contribution in [3.8, 4) is 11.6 Å². The van der Waals surface area contributed by atoms with Crippen LogP contribution in [0.2, 0.25) is 5.15 Å². The maximum Gasteiger partial charge on any atom is 0.216 e. The molecule has 18 heavy (non-hydrogen) atoms. The normalized spacial score (nSPS) is 10.1. The molecular formula is C13H13ClN2O2. The second-order valence-corrected chi connectivity index (χ2v) is 4.09. The van der Waals surface area contributed by atoms with E-state index in [1.54, 1.807) is 24.3 Å². The number of halogens is 1. The Morgan fingerprint density at radius 1 is 1.33 bits per heavy atom. The predicted octanol–water partition coefficient (Wildman–Crippen LogP) is 3.06. The Balaban J connectivity index is 2.11. The van der Waals surface area contributed by atoms with Gasteiger partial charge in [-0.2, -0.15) is 0 Å². The van der Waals surface area contributed by atoms with Gasteiger partial charge in [0, 0.05) is 23.9 Å². The molecule has 2 aromatic rings. The van der Waals surface area contributed by atoms with Crippen LogP contribution in [0.25, 0.3) is 0 Å². The predicted molar refractivity (Wildman–Crippen MR) is 71.2 cm³/mol. The highest BCUT2D eigenvalue weighted by molar-refractivity contribution is 6.29. The highest BCUT2D eigenvalue weighted by Gasteiger charge is 2.03. The number of phenols is 1. The molecule has 0 bridgehead atoms. The molecule has 0 radical (unpaired) electrons. The number of nitrogens with zero attached hydrogens (tertiary/aromatic N) is 1. The van der Waals surface area contributed by atoms with E-state index in [4.69, 9.17) is 16.3 Å². The number of aromatic nitrogens is 1.